The second-order valence-corrected chi connectivity index (χ2v) is 9.02. The molecule has 26 heavy (non-hydrogen) atoms. The summed E-state index contributed by atoms with van der Waals surface area (Å²) in [7, 11) is -3.85. The summed E-state index contributed by atoms with van der Waals surface area (Å²) >= 11 is 0. The number of nitrogens with one attached hydrogen (secondary N) is 1. The van der Waals surface area contributed by atoms with Crippen molar-refractivity contribution in [2.24, 2.45) is 11.8 Å². The van der Waals surface area contributed by atoms with Crippen molar-refractivity contribution in [1.82, 2.24) is 9.62 Å². The molecule has 2 rings (SSSR count). The Balaban J connectivity index is 1.81. The lowest BCUT2D eigenvalue weighted by atomic mass is 9.92. The summed E-state index contributed by atoms with van der Waals surface area (Å²) < 4.78 is 40.3. The molecule has 1 fully saturated rings. The lowest BCUT2D eigenvalue weighted by Gasteiger charge is -2.34. The highest BCUT2D eigenvalue weighted by Gasteiger charge is 2.21. The number of unbranched alkanes of at least 4 members (excludes halogenated alkanes) is 1. The van der Waals surface area contributed by atoms with E-state index >= 15 is 0 Å². The third kappa shape index (κ3) is 5.75. The lowest BCUT2D eigenvalue weighted by Crippen LogP contribution is -2.39. The van der Waals surface area contributed by atoms with Crippen LogP contribution in [0.5, 0.6) is 0 Å². The average Bonchev–Trinajstić information content (AvgIpc) is 2.53. The summed E-state index contributed by atoms with van der Waals surface area (Å²) in [6.07, 6.45) is 2.82. The van der Waals surface area contributed by atoms with Crippen molar-refractivity contribution in [3.05, 3.63) is 29.6 Å². The predicted molar refractivity (Wildman–Crippen MR) is 97.2 cm³/mol. The Morgan fingerprint density at radius 2 is 1.92 bits per heavy atom. The van der Waals surface area contributed by atoms with Gasteiger partial charge >= 0.3 is 5.97 Å². The SMILES string of the molecule is C[C@@H]1C[C@@H](C)CN(CCCCNS(=O)(=O)c2ccc(F)c(C(=O)O)c2)C1. The Labute approximate surface area is 154 Å². The zero-order chi connectivity index (χ0) is 19.3. The van der Waals surface area contributed by atoms with Crippen LogP contribution in [0.25, 0.3) is 0 Å². The zero-order valence-electron chi connectivity index (χ0n) is 15.2. The fourth-order valence-corrected chi connectivity index (χ4v) is 4.66. The highest BCUT2D eigenvalue weighted by atomic mass is 32.2. The highest BCUT2D eigenvalue weighted by Crippen LogP contribution is 2.21. The number of nitrogens with zero attached hydrogens (tertiary/aromatic N) is 1. The molecule has 1 aliphatic heterocycles. The summed E-state index contributed by atoms with van der Waals surface area (Å²) in [5, 5.41) is 8.90. The fraction of sp³-hybridized carbons (Fsp3) is 0.611. The van der Waals surface area contributed by atoms with E-state index in [1.807, 2.05) is 0 Å². The number of likely N-dealkylation sites (tertiary alicyclic amines) is 1. The molecule has 6 nitrogen and oxygen atoms in total. The van der Waals surface area contributed by atoms with Crippen molar-refractivity contribution in [2.45, 2.75) is 38.0 Å². The normalized spacial score (nSPS) is 21.7. The van der Waals surface area contributed by atoms with E-state index in [4.69, 9.17) is 5.11 Å². The van der Waals surface area contributed by atoms with E-state index in [1.165, 1.54) is 6.42 Å². The molecule has 1 aliphatic rings. The van der Waals surface area contributed by atoms with Crippen LogP contribution in [0.15, 0.2) is 23.1 Å². The number of hydrogen-bond acceptors (Lipinski definition) is 4. The monoisotopic (exact) mass is 386 g/mol. The van der Waals surface area contributed by atoms with Crippen LogP contribution in [-0.4, -0.2) is 50.6 Å². The minimum atomic E-state index is -3.85. The van der Waals surface area contributed by atoms with Gasteiger partial charge in [0.15, 0.2) is 0 Å². The van der Waals surface area contributed by atoms with Crippen LogP contribution in [0.1, 0.15) is 43.5 Å². The number of aromatic carboxylic acids is 1. The number of rotatable bonds is 8. The molecule has 0 radical (unpaired) electrons. The van der Waals surface area contributed by atoms with Gasteiger partial charge in [0.2, 0.25) is 10.0 Å². The number of hydrogen-bond donors (Lipinski definition) is 2. The van der Waals surface area contributed by atoms with Crippen LogP contribution in [0.3, 0.4) is 0 Å². The Bertz CT molecular complexity index is 729. The number of carbonyl (C=O) groups is 1. The molecule has 0 aliphatic carbocycles. The van der Waals surface area contributed by atoms with E-state index in [0.717, 1.165) is 44.3 Å². The maximum absolute atomic E-state index is 13.4. The molecule has 0 aromatic heterocycles. The summed E-state index contributed by atoms with van der Waals surface area (Å²) in [6.45, 7) is 7.89. The number of halogens is 1. The molecule has 0 amide bonds. The molecular formula is C18H27FN2O4S. The van der Waals surface area contributed by atoms with Gasteiger partial charge in [-0.25, -0.2) is 22.3 Å². The first kappa shape index (κ1) is 20.8. The summed E-state index contributed by atoms with van der Waals surface area (Å²) in [4.78, 5) is 13.1. The molecule has 0 bridgehead atoms. The van der Waals surface area contributed by atoms with Crippen LogP contribution in [0, 0.1) is 17.7 Å². The number of benzene rings is 1. The number of sulfonamides is 1. The molecule has 0 unspecified atom stereocenters. The highest BCUT2D eigenvalue weighted by molar-refractivity contribution is 7.89. The minimum Gasteiger partial charge on any atom is -0.478 e. The van der Waals surface area contributed by atoms with Crippen LogP contribution in [0.2, 0.25) is 0 Å². The quantitative estimate of drug-likeness (QED) is 0.671. The molecule has 2 N–H and O–H groups in total. The molecule has 1 saturated heterocycles. The molecule has 1 heterocycles. The molecule has 1 aromatic carbocycles. The summed E-state index contributed by atoms with van der Waals surface area (Å²) in [6, 6.07) is 2.77. The maximum Gasteiger partial charge on any atom is 0.338 e. The van der Waals surface area contributed by atoms with Gasteiger partial charge in [0.1, 0.15) is 5.82 Å². The van der Waals surface area contributed by atoms with Crippen LogP contribution in [-0.2, 0) is 10.0 Å². The zero-order valence-corrected chi connectivity index (χ0v) is 16.1. The molecule has 1 aromatic rings. The van der Waals surface area contributed by atoms with Crippen molar-refractivity contribution in [1.29, 1.82) is 0 Å². The standard InChI is InChI=1S/C18H27FN2O4S/c1-13-9-14(2)12-21(11-13)8-4-3-7-20-26(24,25)15-5-6-17(19)16(10-15)18(22)23/h5-6,10,13-14,20H,3-4,7-9,11-12H2,1-2H3,(H,22,23)/t13-,14-/m1/s1. The van der Waals surface area contributed by atoms with Gasteiger partial charge in [-0.15, -0.1) is 0 Å². The van der Waals surface area contributed by atoms with Crippen molar-refractivity contribution < 1.29 is 22.7 Å². The van der Waals surface area contributed by atoms with Gasteiger partial charge in [-0.2, -0.15) is 0 Å². The second kappa shape index (κ2) is 8.92. The van der Waals surface area contributed by atoms with Gasteiger partial charge in [0, 0.05) is 19.6 Å². The first-order chi connectivity index (χ1) is 12.2. The number of carboxylic acid groups (broad SMARTS) is 1. The Hall–Kier alpha value is -1.51. The van der Waals surface area contributed by atoms with Gasteiger partial charge in [-0.3, -0.25) is 0 Å². The van der Waals surface area contributed by atoms with Crippen molar-refractivity contribution in [2.75, 3.05) is 26.2 Å². The van der Waals surface area contributed by atoms with E-state index in [9.17, 15) is 17.6 Å². The van der Waals surface area contributed by atoms with E-state index in [1.54, 1.807) is 0 Å². The van der Waals surface area contributed by atoms with Crippen molar-refractivity contribution in [3.63, 3.8) is 0 Å². The first-order valence-electron chi connectivity index (χ1n) is 8.94. The number of carboxylic acids is 1. The van der Waals surface area contributed by atoms with Gasteiger partial charge < -0.3 is 10.0 Å². The third-order valence-electron chi connectivity index (χ3n) is 4.62. The van der Waals surface area contributed by atoms with Crippen LogP contribution >= 0.6 is 0 Å². The largest absolute Gasteiger partial charge is 0.478 e. The van der Waals surface area contributed by atoms with E-state index in [-0.39, 0.29) is 11.4 Å². The lowest BCUT2D eigenvalue weighted by molar-refractivity contribution is 0.0691. The van der Waals surface area contributed by atoms with Crippen molar-refractivity contribution in [3.8, 4) is 0 Å². The minimum absolute atomic E-state index is 0.241. The van der Waals surface area contributed by atoms with E-state index < -0.39 is 27.4 Å². The molecule has 146 valence electrons. The second-order valence-electron chi connectivity index (χ2n) is 7.26. The first-order valence-corrected chi connectivity index (χ1v) is 10.4. The summed E-state index contributed by atoms with van der Waals surface area (Å²) in [5.41, 5.74) is -0.652. The molecule has 8 heteroatoms. The topological polar surface area (TPSA) is 86.7 Å². The van der Waals surface area contributed by atoms with E-state index in [2.05, 4.69) is 23.5 Å². The van der Waals surface area contributed by atoms with Crippen molar-refractivity contribution >= 4 is 16.0 Å². The predicted octanol–water partition coefficient (Wildman–Crippen LogP) is 2.56. The molecule has 0 saturated carbocycles. The third-order valence-corrected chi connectivity index (χ3v) is 6.07. The fourth-order valence-electron chi connectivity index (χ4n) is 3.56. The average molecular weight is 386 g/mol. The molecular weight excluding hydrogens is 359 g/mol. The maximum atomic E-state index is 13.4. The van der Waals surface area contributed by atoms with Gasteiger partial charge in [-0.1, -0.05) is 13.8 Å². The number of piperidine rings is 1. The van der Waals surface area contributed by atoms with Crippen LogP contribution < -0.4 is 4.72 Å². The van der Waals surface area contributed by atoms with E-state index in [0.29, 0.717) is 18.3 Å². The summed E-state index contributed by atoms with van der Waals surface area (Å²) in [5.74, 6) is -1.07. The Morgan fingerprint density at radius 3 is 2.54 bits per heavy atom. The molecule has 0 spiro atoms. The Morgan fingerprint density at radius 1 is 1.27 bits per heavy atom. The Kier molecular flexibility index (Phi) is 7.14. The van der Waals surface area contributed by atoms with Gasteiger partial charge in [-0.05, 0) is 55.8 Å². The van der Waals surface area contributed by atoms with Gasteiger partial charge in [0.25, 0.3) is 0 Å². The van der Waals surface area contributed by atoms with Gasteiger partial charge in [0.05, 0.1) is 10.5 Å². The smallest absolute Gasteiger partial charge is 0.338 e. The van der Waals surface area contributed by atoms with Crippen LogP contribution in [0.4, 0.5) is 4.39 Å². The molecule has 2 atom stereocenters.